The zero-order chi connectivity index (χ0) is 12.4. The van der Waals surface area contributed by atoms with Crippen LogP contribution >= 0.6 is 0 Å². The summed E-state index contributed by atoms with van der Waals surface area (Å²) in [4.78, 5) is 33.0. The van der Waals surface area contributed by atoms with Crippen LogP contribution in [0.15, 0.2) is 52.8 Å². The Bertz CT molecular complexity index is 548. The number of benzene rings is 1. The summed E-state index contributed by atoms with van der Waals surface area (Å²) >= 11 is 0. The van der Waals surface area contributed by atoms with Crippen LogP contribution in [-0.2, 0) is 9.59 Å². The van der Waals surface area contributed by atoms with Crippen molar-refractivity contribution in [2.45, 2.75) is 0 Å². The standard InChI is InChI=1S/C11H7N3O3/c1-7-9(10(15)13-17)12-14(11(7)16)8-5-3-2-4-6-8/h2-6H,1H2. The Hall–Kier alpha value is -2.63. The second kappa shape index (κ2) is 4.09. The van der Waals surface area contributed by atoms with Crippen LogP contribution in [0, 0.1) is 4.91 Å². The molecule has 1 aliphatic rings. The van der Waals surface area contributed by atoms with Crippen LogP contribution in [0.25, 0.3) is 0 Å². The van der Waals surface area contributed by atoms with E-state index in [-0.39, 0.29) is 11.3 Å². The summed E-state index contributed by atoms with van der Waals surface area (Å²) in [6.45, 7) is 3.42. The fourth-order valence-corrected chi connectivity index (χ4v) is 1.39. The highest BCUT2D eigenvalue weighted by Crippen LogP contribution is 2.22. The van der Waals surface area contributed by atoms with E-state index in [1.165, 1.54) is 0 Å². The Morgan fingerprint density at radius 3 is 2.53 bits per heavy atom. The molecular weight excluding hydrogens is 222 g/mol. The van der Waals surface area contributed by atoms with Crippen LogP contribution in [0.3, 0.4) is 0 Å². The molecule has 0 bridgehead atoms. The predicted octanol–water partition coefficient (Wildman–Crippen LogP) is 1.24. The van der Waals surface area contributed by atoms with Gasteiger partial charge in [-0.25, -0.2) is 0 Å². The van der Waals surface area contributed by atoms with Crippen molar-refractivity contribution in [2.24, 2.45) is 10.3 Å². The predicted molar refractivity (Wildman–Crippen MR) is 61.3 cm³/mol. The number of amides is 2. The van der Waals surface area contributed by atoms with Gasteiger partial charge in [0.15, 0.2) is 5.71 Å². The average Bonchev–Trinajstić information content (AvgIpc) is 2.67. The molecule has 17 heavy (non-hydrogen) atoms. The van der Waals surface area contributed by atoms with Crippen LogP contribution in [0.4, 0.5) is 5.69 Å². The van der Waals surface area contributed by atoms with Gasteiger partial charge in [-0.2, -0.15) is 10.1 Å². The lowest BCUT2D eigenvalue weighted by atomic mass is 10.2. The Balaban J connectivity index is 2.42. The fourth-order valence-electron chi connectivity index (χ4n) is 1.39. The minimum atomic E-state index is -1.10. The molecule has 2 amide bonds. The minimum Gasteiger partial charge on any atom is -0.267 e. The molecule has 0 atom stereocenters. The number of hydrazone groups is 1. The largest absolute Gasteiger partial charge is 0.337 e. The van der Waals surface area contributed by atoms with Crippen molar-refractivity contribution in [1.29, 1.82) is 0 Å². The van der Waals surface area contributed by atoms with Gasteiger partial charge in [0.25, 0.3) is 5.91 Å². The highest BCUT2D eigenvalue weighted by Gasteiger charge is 2.33. The molecule has 0 aliphatic carbocycles. The first-order valence-electron chi connectivity index (χ1n) is 4.70. The van der Waals surface area contributed by atoms with E-state index in [2.05, 4.69) is 16.9 Å². The molecule has 0 spiro atoms. The van der Waals surface area contributed by atoms with E-state index in [0.29, 0.717) is 5.69 Å². The molecule has 0 saturated carbocycles. The summed E-state index contributed by atoms with van der Waals surface area (Å²) in [5.74, 6) is -1.63. The van der Waals surface area contributed by atoms with Gasteiger partial charge in [0.2, 0.25) is 0 Å². The zero-order valence-electron chi connectivity index (χ0n) is 8.66. The molecule has 0 aromatic heterocycles. The summed E-state index contributed by atoms with van der Waals surface area (Å²) < 4.78 is 0. The lowest BCUT2D eigenvalue weighted by Crippen LogP contribution is -2.21. The van der Waals surface area contributed by atoms with Crippen molar-refractivity contribution in [3.8, 4) is 0 Å². The maximum Gasteiger partial charge on any atom is 0.337 e. The van der Waals surface area contributed by atoms with Gasteiger partial charge in [-0.15, -0.1) is 4.91 Å². The summed E-state index contributed by atoms with van der Waals surface area (Å²) in [5, 5.41) is 6.99. The van der Waals surface area contributed by atoms with Gasteiger partial charge in [-0.1, -0.05) is 24.8 Å². The molecule has 0 N–H and O–H groups in total. The van der Waals surface area contributed by atoms with Crippen molar-refractivity contribution >= 4 is 23.2 Å². The molecule has 1 aromatic carbocycles. The second-order valence-electron chi connectivity index (χ2n) is 3.28. The molecule has 6 heteroatoms. The summed E-state index contributed by atoms with van der Waals surface area (Å²) in [5.41, 5.74) is 0.0552. The number of carbonyl (C=O) groups excluding carboxylic acids is 2. The van der Waals surface area contributed by atoms with Gasteiger partial charge in [-0.3, -0.25) is 9.59 Å². The fraction of sp³-hybridized carbons (Fsp3) is 0. The summed E-state index contributed by atoms with van der Waals surface area (Å²) in [7, 11) is 0. The topological polar surface area (TPSA) is 79.2 Å². The van der Waals surface area contributed by atoms with Gasteiger partial charge >= 0.3 is 5.91 Å². The summed E-state index contributed by atoms with van der Waals surface area (Å²) in [6, 6.07) is 8.52. The Morgan fingerprint density at radius 2 is 1.94 bits per heavy atom. The van der Waals surface area contributed by atoms with Crippen LogP contribution in [0.2, 0.25) is 0 Å². The molecule has 0 fully saturated rings. The van der Waals surface area contributed by atoms with Gasteiger partial charge in [0.05, 0.1) is 11.3 Å². The quantitative estimate of drug-likeness (QED) is 0.565. The van der Waals surface area contributed by atoms with E-state index < -0.39 is 11.8 Å². The van der Waals surface area contributed by atoms with Crippen LogP contribution < -0.4 is 5.01 Å². The van der Waals surface area contributed by atoms with E-state index in [9.17, 15) is 14.5 Å². The Morgan fingerprint density at radius 1 is 1.29 bits per heavy atom. The van der Waals surface area contributed by atoms with E-state index >= 15 is 0 Å². The monoisotopic (exact) mass is 229 g/mol. The third-order valence-corrected chi connectivity index (χ3v) is 2.22. The molecule has 84 valence electrons. The van der Waals surface area contributed by atoms with Crippen molar-refractivity contribution in [3.05, 3.63) is 47.4 Å². The molecule has 2 rings (SSSR count). The van der Waals surface area contributed by atoms with Gasteiger partial charge < -0.3 is 0 Å². The number of para-hydroxylation sites is 1. The van der Waals surface area contributed by atoms with Crippen molar-refractivity contribution in [2.75, 3.05) is 5.01 Å². The first kappa shape index (κ1) is 10.9. The number of hydrogen-bond acceptors (Lipinski definition) is 4. The maximum atomic E-state index is 11.8. The number of rotatable bonds is 2. The number of nitroso groups, excluding NO2 is 1. The van der Waals surface area contributed by atoms with Crippen LogP contribution in [0.5, 0.6) is 0 Å². The summed E-state index contributed by atoms with van der Waals surface area (Å²) in [6.07, 6.45) is 0. The van der Waals surface area contributed by atoms with Gasteiger partial charge in [-0.05, 0) is 12.1 Å². The molecule has 0 unspecified atom stereocenters. The first-order chi connectivity index (χ1) is 8.15. The Kier molecular flexibility index (Phi) is 2.61. The molecule has 0 radical (unpaired) electrons. The van der Waals surface area contributed by atoms with Gasteiger partial charge in [0.1, 0.15) is 0 Å². The van der Waals surface area contributed by atoms with E-state index in [1.54, 1.807) is 30.3 Å². The van der Waals surface area contributed by atoms with E-state index in [1.807, 2.05) is 0 Å². The van der Waals surface area contributed by atoms with Crippen molar-refractivity contribution in [1.82, 2.24) is 0 Å². The average molecular weight is 229 g/mol. The smallest absolute Gasteiger partial charge is 0.267 e. The molecule has 6 nitrogen and oxygen atoms in total. The Labute approximate surface area is 96.2 Å². The number of carbonyl (C=O) groups is 2. The molecule has 0 saturated heterocycles. The first-order valence-corrected chi connectivity index (χ1v) is 4.70. The van der Waals surface area contributed by atoms with E-state index in [4.69, 9.17) is 0 Å². The third-order valence-electron chi connectivity index (χ3n) is 2.22. The SMILES string of the molecule is C=C1C(=O)N(c2ccccc2)N=C1C(=O)N=O. The number of hydrogen-bond donors (Lipinski definition) is 0. The van der Waals surface area contributed by atoms with Crippen molar-refractivity contribution in [3.63, 3.8) is 0 Å². The molecule has 1 aromatic rings. The molecule has 1 aliphatic heterocycles. The minimum absolute atomic E-state index is 0.126. The third kappa shape index (κ3) is 1.76. The van der Waals surface area contributed by atoms with Crippen LogP contribution in [-0.4, -0.2) is 17.5 Å². The highest BCUT2D eigenvalue weighted by molar-refractivity contribution is 6.54. The zero-order valence-corrected chi connectivity index (χ0v) is 8.66. The highest BCUT2D eigenvalue weighted by atomic mass is 16.3. The normalized spacial score (nSPS) is 14.8. The lowest BCUT2D eigenvalue weighted by molar-refractivity contribution is -0.115. The number of nitrogens with zero attached hydrogens (tertiary/aromatic N) is 3. The number of anilines is 1. The lowest BCUT2D eigenvalue weighted by Gasteiger charge is -2.10. The molecular formula is C11H7N3O3. The maximum absolute atomic E-state index is 11.8. The van der Waals surface area contributed by atoms with Crippen molar-refractivity contribution < 1.29 is 9.59 Å². The van der Waals surface area contributed by atoms with Gasteiger partial charge in [0, 0.05) is 5.18 Å². The molecule has 1 heterocycles. The van der Waals surface area contributed by atoms with E-state index in [0.717, 1.165) is 5.01 Å². The van der Waals surface area contributed by atoms with Crippen LogP contribution in [0.1, 0.15) is 0 Å². The second-order valence-corrected chi connectivity index (χ2v) is 3.28.